The van der Waals surface area contributed by atoms with Crippen LogP contribution in [0.2, 0.25) is 10.0 Å². The molecule has 3 aromatic rings. The molecule has 6 nitrogen and oxygen atoms in total. The molecule has 0 spiro atoms. The molecule has 172 valence electrons. The first-order chi connectivity index (χ1) is 15.9. The van der Waals surface area contributed by atoms with Gasteiger partial charge in [-0.15, -0.1) is 0 Å². The Morgan fingerprint density at radius 2 is 1.85 bits per heavy atom. The van der Waals surface area contributed by atoms with E-state index in [2.05, 4.69) is 11.0 Å². The van der Waals surface area contributed by atoms with Crippen LogP contribution in [-0.2, 0) is 25.9 Å². The summed E-state index contributed by atoms with van der Waals surface area (Å²) in [6, 6.07) is 14.2. The molecule has 1 aliphatic heterocycles. The van der Waals surface area contributed by atoms with Gasteiger partial charge in [0.1, 0.15) is 10.8 Å². The van der Waals surface area contributed by atoms with Gasteiger partial charge in [-0.1, -0.05) is 41.4 Å². The monoisotopic (exact) mass is 486 g/mol. The number of carbonyl (C=O) groups is 1. The molecule has 0 fully saturated rings. The number of benzene rings is 2. The number of rotatable bonds is 8. The maximum absolute atomic E-state index is 12.9. The summed E-state index contributed by atoms with van der Waals surface area (Å²) in [6.45, 7) is 4.20. The van der Waals surface area contributed by atoms with Crippen molar-refractivity contribution in [2.75, 3.05) is 18.1 Å². The number of carboxylic acids is 1. The lowest BCUT2D eigenvalue weighted by atomic mass is 10.1. The van der Waals surface area contributed by atoms with Gasteiger partial charge in [-0.2, -0.15) is 0 Å². The molecule has 0 unspecified atom stereocenters. The molecule has 2 heterocycles. The Morgan fingerprint density at radius 3 is 2.55 bits per heavy atom. The number of aromatic nitrogens is 1. The van der Waals surface area contributed by atoms with Gasteiger partial charge in [0.15, 0.2) is 0 Å². The maximum atomic E-state index is 12.9. The molecular formula is C25H24Cl2N2O4. The SMILES string of the molecule is CCOc1ccc2c(c1)N(Cc1c(Cl)cc(Cl)c(=O)n1CCc1ccc(C(=O)O)cc1)CC2. The first kappa shape index (κ1) is 23.2. The summed E-state index contributed by atoms with van der Waals surface area (Å²) >= 11 is 12.7. The zero-order valence-corrected chi connectivity index (χ0v) is 19.7. The van der Waals surface area contributed by atoms with Crippen molar-refractivity contribution >= 4 is 34.9 Å². The molecule has 8 heteroatoms. The zero-order chi connectivity index (χ0) is 23.5. The number of halogens is 2. The van der Waals surface area contributed by atoms with Crippen LogP contribution < -0.4 is 15.2 Å². The molecule has 4 rings (SSSR count). The van der Waals surface area contributed by atoms with E-state index in [1.807, 2.05) is 19.1 Å². The molecule has 1 aromatic heterocycles. The van der Waals surface area contributed by atoms with Gasteiger partial charge in [0.2, 0.25) is 0 Å². The standard InChI is InChI=1S/C25H24Cl2N2O4/c1-2-33-19-8-7-17-10-11-28(22(17)13-19)15-23-20(26)14-21(27)24(30)29(23)12-9-16-3-5-18(6-4-16)25(31)32/h3-8,13-14H,2,9-12,15H2,1H3,(H,31,32). The Balaban J connectivity index is 1.61. The molecule has 2 aromatic carbocycles. The number of nitrogens with zero attached hydrogens (tertiary/aromatic N) is 2. The van der Waals surface area contributed by atoms with Crippen molar-refractivity contribution in [3.05, 3.63) is 91.3 Å². The van der Waals surface area contributed by atoms with Crippen LogP contribution in [-0.4, -0.2) is 28.8 Å². The van der Waals surface area contributed by atoms with E-state index in [0.717, 1.165) is 30.0 Å². The molecule has 1 N–H and O–H groups in total. The predicted molar refractivity (Wildman–Crippen MR) is 130 cm³/mol. The van der Waals surface area contributed by atoms with Crippen molar-refractivity contribution in [3.8, 4) is 5.75 Å². The normalized spacial score (nSPS) is 12.6. The molecule has 33 heavy (non-hydrogen) atoms. The summed E-state index contributed by atoms with van der Waals surface area (Å²) in [5, 5.41) is 9.60. The van der Waals surface area contributed by atoms with Gasteiger partial charge in [0.25, 0.3) is 5.56 Å². The van der Waals surface area contributed by atoms with E-state index >= 15 is 0 Å². The maximum Gasteiger partial charge on any atom is 0.335 e. The van der Waals surface area contributed by atoms with Crippen LogP contribution in [0.4, 0.5) is 5.69 Å². The highest BCUT2D eigenvalue weighted by Crippen LogP contribution is 2.34. The fraction of sp³-hybridized carbons (Fsp3) is 0.280. The van der Waals surface area contributed by atoms with Crippen LogP contribution in [0, 0.1) is 0 Å². The molecule has 0 aliphatic carbocycles. The van der Waals surface area contributed by atoms with E-state index < -0.39 is 5.97 Å². The number of hydrogen-bond donors (Lipinski definition) is 1. The highest BCUT2D eigenvalue weighted by Gasteiger charge is 2.23. The average molecular weight is 487 g/mol. The smallest absolute Gasteiger partial charge is 0.335 e. The third kappa shape index (κ3) is 5.02. The van der Waals surface area contributed by atoms with Gasteiger partial charge >= 0.3 is 5.97 Å². The van der Waals surface area contributed by atoms with Crippen LogP contribution in [0.5, 0.6) is 5.75 Å². The Bertz CT molecular complexity index is 1240. The minimum absolute atomic E-state index is 0.0745. The van der Waals surface area contributed by atoms with Crippen LogP contribution in [0.25, 0.3) is 0 Å². The number of ether oxygens (including phenoxy) is 1. The van der Waals surface area contributed by atoms with Crippen molar-refractivity contribution in [2.24, 2.45) is 0 Å². The van der Waals surface area contributed by atoms with Crippen molar-refractivity contribution in [2.45, 2.75) is 32.9 Å². The number of hydrogen-bond acceptors (Lipinski definition) is 4. The van der Waals surface area contributed by atoms with E-state index in [9.17, 15) is 9.59 Å². The first-order valence-corrected chi connectivity index (χ1v) is 11.5. The molecule has 0 saturated carbocycles. The van der Waals surface area contributed by atoms with Gasteiger partial charge in [-0.05, 0) is 55.2 Å². The van der Waals surface area contributed by atoms with Gasteiger partial charge in [-0.3, -0.25) is 4.79 Å². The number of aromatic carboxylic acids is 1. The summed E-state index contributed by atoms with van der Waals surface area (Å²) in [5.74, 6) is -0.160. The van der Waals surface area contributed by atoms with E-state index in [-0.39, 0.29) is 16.1 Å². The Labute approximate surface area is 201 Å². The lowest BCUT2D eigenvalue weighted by Crippen LogP contribution is -2.30. The Morgan fingerprint density at radius 1 is 1.09 bits per heavy atom. The minimum atomic E-state index is -0.972. The minimum Gasteiger partial charge on any atom is -0.494 e. The van der Waals surface area contributed by atoms with Crippen LogP contribution in [0.3, 0.4) is 0 Å². The Hall–Kier alpha value is -2.96. The first-order valence-electron chi connectivity index (χ1n) is 10.8. The van der Waals surface area contributed by atoms with Crippen LogP contribution in [0.15, 0.2) is 53.3 Å². The molecular weight excluding hydrogens is 463 g/mol. The fourth-order valence-electron chi connectivity index (χ4n) is 4.12. The number of anilines is 1. The van der Waals surface area contributed by atoms with Gasteiger partial charge in [-0.25, -0.2) is 4.79 Å². The quantitative estimate of drug-likeness (QED) is 0.481. The molecule has 0 atom stereocenters. The number of fused-ring (bicyclic) bond motifs is 1. The van der Waals surface area contributed by atoms with Crippen molar-refractivity contribution in [1.82, 2.24) is 4.57 Å². The summed E-state index contributed by atoms with van der Waals surface area (Å²) in [4.78, 5) is 26.2. The average Bonchev–Trinajstić information content (AvgIpc) is 3.19. The van der Waals surface area contributed by atoms with Crippen LogP contribution in [0.1, 0.15) is 34.1 Å². The second-order valence-corrected chi connectivity index (χ2v) is 8.71. The molecule has 0 amide bonds. The zero-order valence-electron chi connectivity index (χ0n) is 18.2. The summed E-state index contributed by atoms with van der Waals surface area (Å²) in [6.07, 6.45) is 1.45. The van der Waals surface area contributed by atoms with Crippen molar-refractivity contribution in [3.63, 3.8) is 0 Å². The van der Waals surface area contributed by atoms with Gasteiger partial charge in [0.05, 0.1) is 29.4 Å². The second kappa shape index (κ2) is 9.89. The van der Waals surface area contributed by atoms with E-state index in [1.54, 1.807) is 28.8 Å². The molecule has 0 saturated heterocycles. The predicted octanol–water partition coefficient (Wildman–Crippen LogP) is 5.06. The topological polar surface area (TPSA) is 71.8 Å². The highest BCUT2D eigenvalue weighted by molar-refractivity contribution is 6.34. The Kier molecular flexibility index (Phi) is 6.96. The molecule has 0 bridgehead atoms. The van der Waals surface area contributed by atoms with E-state index in [4.69, 9.17) is 33.0 Å². The van der Waals surface area contributed by atoms with Crippen molar-refractivity contribution in [1.29, 1.82) is 0 Å². The lowest BCUT2D eigenvalue weighted by molar-refractivity contribution is 0.0697. The molecule has 1 aliphatic rings. The summed E-state index contributed by atoms with van der Waals surface area (Å²) < 4.78 is 7.29. The third-order valence-electron chi connectivity index (χ3n) is 5.83. The largest absolute Gasteiger partial charge is 0.494 e. The van der Waals surface area contributed by atoms with Gasteiger partial charge in [0, 0.05) is 24.8 Å². The van der Waals surface area contributed by atoms with Crippen molar-refractivity contribution < 1.29 is 14.6 Å². The van der Waals surface area contributed by atoms with Crippen LogP contribution >= 0.6 is 23.2 Å². The lowest BCUT2D eigenvalue weighted by Gasteiger charge is -2.24. The fourth-order valence-corrected chi connectivity index (χ4v) is 4.65. The number of aryl methyl sites for hydroxylation is 1. The summed E-state index contributed by atoms with van der Waals surface area (Å²) in [5.41, 5.74) is 3.86. The van der Waals surface area contributed by atoms with Gasteiger partial charge < -0.3 is 19.3 Å². The number of carboxylic acid groups (broad SMARTS) is 1. The summed E-state index contributed by atoms with van der Waals surface area (Å²) in [7, 11) is 0. The van der Waals surface area contributed by atoms with E-state index in [0.29, 0.717) is 36.8 Å². The number of pyridine rings is 1. The van der Waals surface area contributed by atoms with E-state index in [1.165, 1.54) is 11.6 Å². The third-order valence-corrected chi connectivity index (χ3v) is 6.43. The second-order valence-electron chi connectivity index (χ2n) is 7.89. The molecule has 0 radical (unpaired) electrons. The highest BCUT2D eigenvalue weighted by atomic mass is 35.5.